The van der Waals surface area contributed by atoms with Crippen molar-refractivity contribution in [3.05, 3.63) is 63.6 Å². The van der Waals surface area contributed by atoms with Crippen molar-refractivity contribution in [1.82, 2.24) is 5.32 Å². The molecule has 1 amide bonds. The average molecular weight is 347 g/mol. The number of aliphatic hydroxyl groups is 1. The molecule has 0 radical (unpaired) electrons. The van der Waals surface area contributed by atoms with E-state index in [1.165, 1.54) is 0 Å². The van der Waals surface area contributed by atoms with Crippen LogP contribution in [0.3, 0.4) is 0 Å². The van der Waals surface area contributed by atoms with E-state index < -0.39 is 6.10 Å². The van der Waals surface area contributed by atoms with Crippen LogP contribution in [0.5, 0.6) is 0 Å². The number of rotatable bonds is 2. The van der Waals surface area contributed by atoms with Gasteiger partial charge in [-0.2, -0.15) is 0 Å². The lowest BCUT2D eigenvalue weighted by molar-refractivity contribution is 0.0857. The maximum atomic E-state index is 12.4. The number of amides is 1. The summed E-state index contributed by atoms with van der Waals surface area (Å²) in [6.45, 7) is 0. The first-order valence-corrected chi connectivity index (χ1v) is 7.48. The molecule has 4 N–H and O–H groups in total. The van der Waals surface area contributed by atoms with E-state index in [1.54, 1.807) is 18.2 Å². The number of carbonyl (C=O) groups excluding carboxylic acids is 1. The molecule has 2 aromatic carbocycles. The molecule has 0 spiro atoms. The van der Waals surface area contributed by atoms with Gasteiger partial charge in [-0.1, -0.05) is 30.3 Å². The van der Waals surface area contributed by atoms with Crippen LogP contribution in [0.4, 0.5) is 5.69 Å². The van der Waals surface area contributed by atoms with Crippen molar-refractivity contribution in [3.8, 4) is 0 Å². The second-order valence-corrected chi connectivity index (χ2v) is 5.92. The van der Waals surface area contributed by atoms with E-state index in [0.717, 1.165) is 11.1 Å². The summed E-state index contributed by atoms with van der Waals surface area (Å²) in [5.41, 5.74) is 8.81. The third-order valence-corrected chi connectivity index (χ3v) is 4.65. The van der Waals surface area contributed by atoms with Gasteiger partial charge in [-0.15, -0.1) is 0 Å². The van der Waals surface area contributed by atoms with Crippen molar-refractivity contribution in [2.75, 3.05) is 5.73 Å². The van der Waals surface area contributed by atoms with Crippen LogP contribution in [0.1, 0.15) is 27.5 Å². The fraction of sp³-hybridized carbons (Fsp3) is 0.188. The summed E-state index contributed by atoms with van der Waals surface area (Å²) in [7, 11) is 0. The number of hydrogen-bond donors (Lipinski definition) is 3. The van der Waals surface area contributed by atoms with Crippen LogP contribution in [-0.2, 0) is 6.42 Å². The number of anilines is 1. The molecule has 0 saturated carbocycles. The Morgan fingerprint density at radius 2 is 2.00 bits per heavy atom. The fourth-order valence-electron chi connectivity index (χ4n) is 2.69. The smallest absolute Gasteiger partial charge is 0.253 e. The Labute approximate surface area is 131 Å². The second-order valence-electron chi connectivity index (χ2n) is 5.13. The first-order chi connectivity index (χ1) is 10.1. The molecule has 0 aromatic heterocycles. The summed E-state index contributed by atoms with van der Waals surface area (Å²) in [4.78, 5) is 12.4. The van der Waals surface area contributed by atoms with Gasteiger partial charge in [0.25, 0.3) is 5.91 Å². The van der Waals surface area contributed by atoms with E-state index in [4.69, 9.17) is 5.73 Å². The molecule has 0 aliphatic heterocycles. The van der Waals surface area contributed by atoms with Crippen molar-refractivity contribution < 1.29 is 9.90 Å². The van der Waals surface area contributed by atoms with Gasteiger partial charge >= 0.3 is 0 Å². The minimum absolute atomic E-state index is 0.255. The molecule has 4 nitrogen and oxygen atoms in total. The molecule has 1 aliphatic carbocycles. The van der Waals surface area contributed by atoms with E-state index in [2.05, 4.69) is 21.2 Å². The molecule has 2 aromatic rings. The molecule has 0 unspecified atom stereocenters. The van der Waals surface area contributed by atoms with E-state index in [9.17, 15) is 9.90 Å². The van der Waals surface area contributed by atoms with E-state index in [-0.39, 0.29) is 11.9 Å². The van der Waals surface area contributed by atoms with Crippen LogP contribution in [0, 0.1) is 0 Å². The second kappa shape index (κ2) is 5.50. The Bertz CT molecular complexity index is 702. The summed E-state index contributed by atoms with van der Waals surface area (Å²) in [5, 5.41) is 13.1. The fourth-order valence-corrected chi connectivity index (χ4v) is 3.14. The monoisotopic (exact) mass is 346 g/mol. The molecular formula is C16H15BrN2O2. The van der Waals surface area contributed by atoms with Gasteiger partial charge in [0, 0.05) is 12.1 Å². The summed E-state index contributed by atoms with van der Waals surface area (Å²) in [5.74, 6) is -0.255. The third kappa shape index (κ3) is 2.54. The van der Waals surface area contributed by atoms with Gasteiger partial charge in [0.2, 0.25) is 0 Å². The highest BCUT2D eigenvalue weighted by Gasteiger charge is 2.32. The zero-order valence-electron chi connectivity index (χ0n) is 11.2. The SMILES string of the molecule is Nc1cccc(C(=O)N[C@@H]2c3ccccc3C[C@@H]2O)c1Br. The minimum atomic E-state index is -0.605. The number of nitrogen functional groups attached to an aromatic ring is 1. The zero-order valence-corrected chi connectivity index (χ0v) is 12.8. The molecule has 0 fully saturated rings. The highest BCUT2D eigenvalue weighted by Crippen LogP contribution is 2.32. The summed E-state index contributed by atoms with van der Waals surface area (Å²) in [6, 6.07) is 12.5. The van der Waals surface area contributed by atoms with Gasteiger partial charge < -0.3 is 16.2 Å². The molecule has 3 rings (SSSR count). The van der Waals surface area contributed by atoms with Gasteiger partial charge in [-0.3, -0.25) is 4.79 Å². The summed E-state index contributed by atoms with van der Waals surface area (Å²) < 4.78 is 0.572. The Morgan fingerprint density at radius 3 is 2.81 bits per heavy atom. The lowest BCUT2D eigenvalue weighted by atomic mass is 10.1. The molecular weight excluding hydrogens is 332 g/mol. The molecule has 108 valence electrons. The Kier molecular flexibility index (Phi) is 3.69. The van der Waals surface area contributed by atoms with Crippen molar-refractivity contribution in [3.63, 3.8) is 0 Å². The molecule has 2 atom stereocenters. The van der Waals surface area contributed by atoms with Gasteiger partial charge in [-0.05, 0) is 39.2 Å². The van der Waals surface area contributed by atoms with Crippen molar-refractivity contribution in [2.24, 2.45) is 0 Å². The van der Waals surface area contributed by atoms with Gasteiger partial charge in [0.15, 0.2) is 0 Å². The number of aliphatic hydroxyl groups excluding tert-OH is 1. The number of nitrogens with two attached hydrogens (primary N) is 1. The lowest BCUT2D eigenvalue weighted by Gasteiger charge is -2.18. The first-order valence-electron chi connectivity index (χ1n) is 6.68. The van der Waals surface area contributed by atoms with E-state index in [0.29, 0.717) is 22.1 Å². The number of nitrogens with one attached hydrogen (secondary N) is 1. The summed E-state index contributed by atoms with van der Waals surface area (Å²) in [6.07, 6.45) is -0.0506. The number of fused-ring (bicyclic) bond motifs is 1. The number of halogens is 1. The first kappa shape index (κ1) is 14.1. The standard InChI is InChI=1S/C16H15BrN2O2/c17-14-11(6-3-7-12(14)18)16(21)19-15-10-5-2-1-4-9(10)8-13(15)20/h1-7,13,15,20H,8,18H2,(H,19,21)/t13-,15+/m0/s1. The van der Waals surface area contributed by atoms with Gasteiger partial charge in [-0.25, -0.2) is 0 Å². The molecule has 0 heterocycles. The predicted molar refractivity (Wildman–Crippen MR) is 84.9 cm³/mol. The number of hydrogen-bond acceptors (Lipinski definition) is 3. The average Bonchev–Trinajstić information content (AvgIpc) is 2.78. The minimum Gasteiger partial charge on any atom is -0.398 e. The maximum Gasteiger partial charge on any atom is 0.253 e. The molecule has 1 aliphatic rings. The van der Waals surface area contributed by atoms with E-state index in [1.807, 2.05) is 24.3 Å². The maximum absolute atomic E-state index is 12.4. The number of benzene rings is 2. The van der Waals surface area contributed by atoms with Crippen LogP contribution >= 0.6 is 15.9 Å². The van der Waals surface area contributed by atoms with Crippen molar-refractivity contribution in [1.29, 1.82) is 0 Å². The molecule has 0 bridgehead atoms. The van der Waals surface area contributed by atoms with Crippen LogP contribution in [-0.4, -0.2) is 17.1 Å². The third-order valence-electron chi connectivity index (χ3n) is 3.76. The molecule has 5 heteroatoms. The van der Waals surface area contributed by atoms with Crippen LogP contribution in [0.2, 0.25) is 0 Å². The molecule has 21 heavy (non-hydrogen) atoms. The highest BCUT2D eigenvalue weighted by atomic mass is 79.9. The molecule has 0 saturated heterocycles. The Balaban J connectivity index is 1.87. The zero-order chi connectivity index (χ0) is 15.0. The van der Waals surface area contributed by atoms with Crippen molar-refractivity contribution in [2.45, 2.75) is 18.6 Å². The van der Waals surface area contributed by atoms with E-state index >= 15 is 0 Å². The van der Waals surface area contributed by atoms with Gasteiger partial charge in [0.05, 0.1) is 22.2 Å². The van der Waals surface area contributed by atoms with Crippen LogP contribution in [0.15, 0.2) is 46.9 Å². The lowest BCUT2D eigenvalue weighted by Crippen LogP contribution is -2.34. The topological polar surface area (TPSA) is 75.4 Å². The van der Waals surface area contributed by atoms with Crippen LogP contribution in [0.25, 0.3) is 0 Å². The quantitative estimate of drug-likeness (QED) is 0.731. The Hall–Kier alpha value is -1.85. The number of carbonyl (C=O) groups is 1. The van der Waals surface area contributed by atoms with Crippen LogP contribution < -0.4 is 11.1 Å². The normalized spacial score (nSPS) is 20.1. The van der Waals surface area contributed by atoms with Crippen molar-refractivity contribution >= 4 is 27.5 Å². The predicted octanol–water partition coefficient (Wildman–Crippen LogP) is 2.42. The Morgan fingerprint density at radius 1 is 1.24 bits per heavy atom. The highest BCUT2D eigenvalue weighted by molar-refractivity contribution is 9.10. The largest absolute Gasteiger partial charge is 0.398 e. The van der Waals surface area contributed by atoms with Gasteiger partial charge in [0.1, 0.15) is 0 Å². The summed E-state index contributed by atoms with van der Waals surface area (Å²) >= 11 is 3.33.